The number of hydrogen-bond acceptors (Lipinski definition) is 5. The van der Waals surface area contributed by atoms with E-state index in [9.17, 15) is 4.79 Å². The molecule has 3 aromatic rings. The van der Waals surface area contributed by atoms with Gasteiger partial charge in [-0.15, -0.1) is 11.3 Å². The average Bonchev–Trinajstić information content (AvgIpc) is 3.25. The van der Waals surface area contributed by atoms with Crippen molar-refractivity contribution in [3.63, 3.8) is 0 Å². The Morgan fingerprint density at radius 2 is 1.82 bits per heavy atom. The summed E-state index contributed by atoms with van der Waals surface area (Å²) in [6.45, 7) is 1.37. The molecule has 0 atom stereocenters. The zero-order valence-corrected chi connectivity index (χ0v) is 16.2. The number of thiazole rings is 1. The fourth-order valence-electron chi connectivity index (χ4n) is 3.37. The highest BCUT2D eigenvalue weighted by molar-refractivity contribution is 7.13. The van der Waals surface area contributed by atoms with E-state index in [1.54, 1.807) is 23.7 Å². The van der Waals surface area contributed by atoms with Crippen LogP contribution in [-0.4, -0.2) is 33.9 Å². The van der Waals surface area contributed by atoms with Crippen LogP contribution in [0.25, 0.3) is 21.8 Å². The highest BCUT2D eigenvalue weighted by Gasteiger charge is 2.22. The smallest absolute Gasteiger partial charge is 0.226 e. The van der Waals surface area contributed by atoms with Gasteiger partial charge in [0.25, 0.3) is 0 Å². The van der Waals surface area contributed by atoms with Crippen LogP contribution < -0.4 is 0 Å². The minimum atomic E-state index is 0.0958. The maximum absolute atomic E-state index is 12.5. The second-order valence-corrected chi connectivity index (χ2v) is 7.79. The van der Waals surface area contributed by atoms with Crippen molar-refractivity contribution < 1.29 is 4.79 Å². The van der Waals surface area contributed by atoms with Gasteiger partial charge >= 0.3 is 0 Å². The lowest BCUT2D eigenvalue weighted by Crippen LogP contribution is -2.39. The number of hydrogen-bond donors (Lipinski definition) is 0. The summed E-state index contributed by atoms with van der Waals surface area (Å²) in [4.78, 5) is 23.1. The van der Waals surface area contributed by atoms with Crippen molar-refractivity contribution in [2.24, 2.45) is 5.92 Å². The minimum absolute atomic E-state index is 0.0958. The fourth-order valence-corrected chi connectivity index (χ4v) is 4.21. The van der Waals surface area contributed by atoms with Gasteiger partial charge in [-0.2, -0.15) is 5.26 Å². The summed E-state index contributed by atoms with van der Waals surface area (Å²) >= 11 is 1.61. The lowest BCUT2D eigenvalue weighted by Gasteiger charge is -2.29. The first-order chi connectivity index (χ1) is 13.7. The Kier molecular flexibility index (Phi) is 5.45. The van der Waals surface area contributed by atoms with Crippen molar-refractivity contribution in [1.82, 2.24) is 14.9 Å². The molecular weight excluding hydrogens is 368 g/mol. The minimum Gasteiger partial charge on any atom is -0.342 e. The number of nitriles is 1. The number of likely N-dealkylation sites (tertiary alicyclic amines) is 1. The van der Waals surface area contributed by atoms with Crippen LogP contribution in [0.15, 0.2) is 54.2 Å². The van der Waals surface area contributed by atoms with Crippen LogP contribution in [0, 0.1) is 17.2 Å². The van der Waals surface area contributed by atoms with E-state index in [2.05, 4.69) is 16.4 Å². The van der Waals surface area contributed by atoms with E-state index in [-0.39, 0.29) is 11.8 Å². The van der Waals surface area contributed by atoms with E-state index in [0.29, 0.717) is 19.5 Å². The van der Waals surface area contributed by atoms with E-state index in [0.717, 1.165) is 40.2 Å². The molecule has 0 unspecified atom stereocenters. The van der Waals surface area contributed by atoms with Crippen molar-refractivity contribution in [3.05, 3.63) is 59.7 Å². The zero-order valence-electron chi connectivity index (χ0n) is 15.4. The molecule has 1 saturated heterocycles. The molecule has 1 aliphatic rings. The van der Waals surface area contributed by atoms with Gasteiger partial charge in [-0.3, -0.25) is 9.78 Å². The summed E-state index contributed by atoms with van der Waals surface area (Å²) in [5.74, 6) is 0.233. The predicted molar refractivity (Wildman–Crippen MR) is 109 cm³/mol. The number of benzene rings is 1. The summed E-state index contributed by atoms with van der Waals surface area (Å²) in [7, 11) is 0. The van der Waals surface area contributed by atoms with Gasteiger partial charge in [0, 0.05) is 47.9 Å². The summed E-state index contributed by atoms with van der Waals surface area (Å²) in [5, 5.41) is 12.0. The molecular formula is C22H20N4OS. The molecule has 1 fully saturated rings. The molecule has 1 amide bonds. The van der Waals surface area contributed by atoms with Gasteiger partial charge in [0.15, 0.2) is 0 Å². The molecule has 0 N–H and O–H groups in total. The number of nitrogens with zero attached hydrogens (tertiary/aromatic N) is 4. The van der Waals surface area contributed by atoms with Crippen molar-refractivity contribution in [2.75, 3.05) is 13.1 Å². The SMILES string of the molecule is N#CC1CCN(C(=O)Cc2ccc(-c3csc(-c4ccncc4)n3)cc2)CC1. The van der Waals surface area contributed by atoms with Gasteiger partial charge in [-0.1, -0.05) is 24.3 Å². The molecule has 1 aliphatic heterocycles. The highest BCUT2D eigenvalue weighted by Crippen LogP contribution is 2.28. The fraction of sp³-hybridized carbons (Fsp3) is 0.273. The maximum Gasteiger partial charge on any atom is 0.226 e. The number of pyridine rings is 1. The number of carbonyl (C=O) groups is 1. The Morgan fingerprint density at radius 3 is 2.50 bits per heavy atom. The topological polar surface area (TPSA) is 69.9 Å². The Bertz CT molecular complexity index is 983. The quantitative estimate of drug-likeness (QED) is 0.672. The molecule has 0 bridgehead atoms. The Morgan fingerprint density at radius 1 is 1.11 bits per heavy atom. The number of aromatic nitrogens is 2. The molecule has 28 heavy (non-hydrogen) atoms. The maximum atomic E-state index is 12.5. The molecule has 4 rings (SSSR count). The molecule has 1 aromatic carbocycles. The normalized spacial score (nSPS) is 14.6. The van der Waals surface area contributed by atoms with Crippen LogP contribution in [0.2, 0.25) is 0 Å². The predicted octanol–water partition coefficient (Wildman–Crippen LogP) is 4.18. The lowest BCUT2D eigenvalue weighted by atomic mass is 9.98. The van der Waals surface area contributed by atoms with Gasteiger partial charge in [-0.05, 0) is 30.5 Å². The second kappa shape index (κ2) is 8.32. The van der Waals surface area contributed by atoms with Gasteiger partial charge in [0.1, 0.15) is 5.01 Å². The number of carbonyl (C=O) groups excluding carboxylic acids is 1. The van der Waals surface area contributed by atoms with Crippen LogP contribution in [0.1, 0.15) is 18.4 Å². The Hall–Kier alpha value is -3.04. The summed E-state index contributed by atoms with van der Waals surface area (Å²) < 4.78 is 0. The van der Waals surface area contributed by atoms with Crippen molar-refractivity contribution >= 4 is 17.2 Å². The van der Waals surface area contributed by atoms with Crippen LogP contribution in [0.3, 0.4) is 0 Å². The van der Waals surface area contributed by atoms with E-state index in [4.69, 9.17) is 10.2 Å². The highest BCUT2D eigenvalue weighted by atomic mass is 32.1. The summed E-state index contributed by atoms with van der Waals surface area (Å²) in [6.07, 6.45) is 5.50. The first-order valence-corrected chi connectivity index (χ1v) is 10.2. The van der Waals surface area contributed by atoms with Crippen LogP contribution >= 0.6 is 11.3 Å². The number of amides is 1. The number of rotatable bonds is 4. The van der Waals surface area contributed by atoms with Gasteiger partial charge < -0.3 is 4.90 Å². The molecule has 6 heteroatoms. The molecule has 5 nitrogen and oxygen atoms in total. The van der Waals surface area contributed by atoms with Crippen LogP contribution in [0.4, 0.5) is 0 Å². The molecule has 0 aliphatic carbocycles. The van der Waals surface area contributed by atoms with Gasteiger partial charge in [-0.25, -0.2) is 4.98 Å². The van der Waals surface area contributed by atoms with Crippen molar-refractivity contribution in [3.8, 4) is 27.9 Å². The third-order valence-electron chi connectivity index (χ3n) is 5.07. The first-order valence-electron chi connectivity index (χ1n) is 9.35. The van der Waals surface area contributed by atoms with Crippen molar-refractivity contribution in [1.29, 1.82) is 5.26 Å². The average molecular weight is 388 g/mol. The first kappa shape index (κ1) is 18.3. The standard InChI is InChI=1S/C22H20N4OS/c23-14-17-7-11-26(12-8-17)21(27)13-16-1-3-18(4-2-16)20-15-28-22(25-20)19-5-9-24-10-6-19/h1-6,9-10,15,17H,7-8,11-13H2. The second-order valence-electron chi connectivity index (χ2n) is 6.93. The molecule has 3 heterocycles. The Balaban J connectivity index is 1.40. The van der Waals surface area contributed by atoms with E-state index < -0.39 is 0 Å². The van der Waals surface area contributed by atoms with Crippen LogP contribution in [0.5, 0.6) is 0 Å². The Labute approximate surface area is 168 Å². The number of piperidine rings is 1. The van der Waals surface area contributed by atoms with Crippen LogP contribution in [-0.2, 0) is 11.2 Å². The molecule has 140 valence electrons. The van der Waals surface area contributed by atoms with E-state index in [1.165, 1.54) is 0 Å². The molecule has 0 radical (unpaired) electrons. The largest absolute Gasteiger partial charge is 0.342 e. The lowest BCUT2D eigenvalue weighted by molar-refractivity contribution is -0.131. The van der Waals surface area contributed by atoms with Crippen molar-refractivity contribution in [2.45, 2.75) is 19.3 Å². The molecule has 0 spiro atoms. The molecule has 2 aromatic heterocycles. The zero-order chi connectivity index (χ0) is 19.3. The van der Waals surface area contributed by atoms with E-state index in [1.807, 2.05) is 41.3 Å². The monoisotopic (exact) mass is 388 g/mol. The summed E-state index contributed by atoms with van der Waals surface area (Å²) in [6, 6.07) is 14.3. The summed E-state index contributed by atoms with van der Waals surface area (Å²) in [5.41, 5.74) is 4.05. The van der Waals surface area contributed by atoms with Gasteiger partial charge in [0.2, 0.25) is 5.91 Å². The van der Waals surface area contributed by atoms with Gasteiger partial charge in [0.05, 0.1) is 18.2 Å². The third kappa shape index (κ3) is 4.10. The molecule has 0 saturated carbocycles. The third-order valence-corrected chi connectivity index (χ3v) is 5.96. The van der Waals surface area contributed by atoms with E-state index >= 15 is 0 Å².